The van der Waals surface area contributed by atoms with E-state index < -0.39 is 6.93 Å². The van der Waals surface area contributed by atoms with E-state index in [1.54, 1.807) is 0 Å². The van der Waals surface area contributed by atoms with Crippen molar-refractivity contribution in [1.82, 2.24) is 15.2 Å². The van der Waals surface area contributed by atoms with Gasteiger partial charge in [-0.1, -0.05) is 18.2 Å². The maximum absolute atomic E-state index is 12.7. The molecule has 1 saturated heterocycles. The molecular formula is C20H21F2N3O2. The van der Waals surface area contributed by atoms with Gasteiger partial charge in [-0.25, -0.2) is 13.8 Å². The lowest BCUT2D eigenvalue weighted by Crippen LogP contribution is -2.46. The smallest absolute Gasteiger partial charge is 0.254 e. The Morgan fingerprint density at radius 1 is 1.19 bits per heavy atom. The minimum atomic E-state index is -1.75. The van der Waals surface area contributed by atoms with Crippen LogP contribution in [-0.2, 0) is 0 Å². The Morgan fingerprint density at radius 3 is 2.52 bits per heavy atom. The molecule has 0 aliphatic carbocycles. The second-order valence-electron chi connectivity index (χ2n) is 6.17. The second-order valence-corrected chi connectivity index (χ2v) is 6.17. The summed E-state index contributed by atoms with van der Waals surface area (Å²) in [5.74, 6) is 0.639. The number of oxazole rings is 1. The Morgan fingerprint density at radius 2 is 1.85 bits per heavy atom. The van der Waals surface area contributed by atoms with Gasteiger partial charge in [0.15, 0.2) is 5.58 Å². The van der Waals surface area contributed by atoms with E-state index in [4.69, 9.17) is 4.42 Å². The number of benzene rings is 2. The van der Waals surface area contributed by atoms with Crippen LogP contribution in [0.4, 0.5) is 8.78 Å². The van der Waals surface area contributed by atoms with Gasteiger partial charge in [-0.05, 0) is 36.8 Å². The molecule has 2 heterocycles. The molecule has 0 spiro atoms. The highest BCUT2D eigenvalue weighted by atomic mass is 19.3. The fourth-order valence-electron chi connectivity index (χ4n) is 3.07. The van der Waals surface area contributed by atoms with Gasteiger partial charge in [0.25, 0.3) is 5.91 Å². The molecule has 0 bridgehead atoms. The number of carbonyl (C=O) groups excluding carboxylic acids is 1. The average Bonchev–Trinajstić information content (AvgIpc) is 3.14. The molecule has 1 aliphatic rings. The van der Waals surface area contributed by atoms with Crippen LogP contribution in [0.3, 0.4) is 0 Å². The first kappa shape index (κ1) is 19.0. The van der Waals surface area contributed by atoms with Gasteiger partial charge in [-0.2, -0.15) is 0 Å². The van der Waals surface area contributed by atoms with Crippen molar-refractivity contribution in [1.29, 1.82) is 0 Å². The predicted molar refractivity (Wildman–Crippen MR) is 100 cm³/mol. The van der Waals surface area contributed by atoms with E-state index in [0.717, 1.165) is 42.8 Å². The third kappa shape index (κ3) is 4.31. The van der Waals surface area contributed by atoms with Crippen molar-refractivity contribution < 1.29 is 18.0 Å². The zero-order chi connectivity index (χ0) is 19.2. The number of alkyl halides is 2. The summed E-state index contributed by atoms with van der Waals surface area (Å²) >= 11 is 0. The summed E-state index contributed by atoms with van der Waals surface area (Å²) in [7, 11) is 0. The Bertz CT molecular complexity index is 906. The number of nitrogens with one attached hydrogen (secondary N) is 1. The highest BCUT2D eigenvalue weighted by Gasteiger charge is 2.20. The van der Waals surface area contributed by atoms with Gasteiger partial charge < -0.3 is 14.6 Å². The van der Waals surface area contributed by atoms with E-state index in [2.05, 4.69) is 10.3 Å². The third-order valence-electron chi connectivity index (χ3n) is 4.36. The molecular weight excluding hydrogens is 352 g/mol. The summed E-state index contributed by atoms with van der Waals surface area (Å²) in [5.41, 5.74) is 4.02. The lowest BCUT2D eigenvalue weighted by Gasteiger charge is -2.27. The van der Waals surface area contributed by atoms with Gasteiger partial charge in [0.1, 0.15) is 5.52 Å². The normalized spacial score (nSPS) is 14.0. The Labute approximate surface area is 156 Å². The molecule has 4 rings (SSSR count). The van der Waals surface area contributed by atoms with Crippen LogP contribution >= 0.6 is 0 Å². The summed E-state index contributed by atoms with van der Waals surface area (Å²) in [6, 6.07) is 13.5. The summed E-state index contributed by atoms with van der Waals surface area (Å²) < 4.78 is 25.2. The number of fused-ring (bicyclic) bond motifs is 1. The Kier molecular flexibility index (Phi) is 6.13. The number of aryl methyl sites for hydroxylation is 1. The molecule has 1 aliphatic heterocycles. The zero-order valence-corrected chi connectivity index (χ0v) is 15.0. The number of aromatic nitrogens is 1. The monoisotopic (exact) mass is 373 g/mol. The molecule has 0 radical (unpaired) electrons. The molecule has 5 nitrogen and oxygen atoms in total. The maximum Gasteiger partial charge on any atom is 0.254 e. The van der Waals surface area contributed by atoms with Crippen LogP contribution < -0.4 is 5.32 Å². The summed E-state index contributed by atoms with van der Waals surface area (Å²) in [5, 5.41) is 3.26. The molecule has 0 atom stereocenters. The quantitative estimate of drug-likeness (QED) is 0.744. The molecule has 3 aromatic rings. The van der Waals surface area contributed by atoms with E-state index in [1.165, 1.54) is 0 Å². The van der Waals surface area contributed by atoms with Crippen molar-refractivity contribution in [3.63, 3.8) is 0 Å². The molecule has 27 heavy (non-hydrogen) atoms. The van der Waals surface area contributed by atoms with Gasteiger partial charge in [0, 0.05) is 37.3 Å². The van der Waals surface area contributed by atoms with Crippen LogP contribution in [0.15, 0.2) is 46.9 Å². The number of hydrogen-bond donors (Lipinski definition) is 1. The van der Waals surface area contributed by atoms with E-state index in [0.29, 0.717) is 17.0 Å². The third-order valence-corrected chi connectivity index (χ3v) is 4.36. The van der Waals surface area contributed by atoms with E-state index in [-0.39, 0.29) is 5.91 Å². The predicted octanol–water partition coefficient (Wildman–Crippen LogP) is 3.73. The number of nitrogens with zero attached hydrogens (tertiary/aromatic N) is 2. The van der Waals surface area contributed by atoms with Gasteiger partial charge in [-0.15, -0.1) is 0 Å². The van der Waals surface area contributed by atoms with Crippen molar-refractivity contribution in [2.24, 2.45) is 0 Å². The minimum Gasteiger partial charge on any atom is -0.436 e. The van der Waals surface area contributed by atoms with Crippen molar-refractivity contribution >= 4 is 17.0 Å². The zero-order valence-electron chi connectivity index (χ0n) is 15.0. The average molecular weight is 373 g/mol. The molecule has 7 heteroatoms. The number of piperazine rings is 1. The lowest BCUT2D eigenvalue weighted by atomic mass is 10.1. The van der Waals surface area contributed by atoms with Gasteiger partial charge >= 0.3 is 0 Å². The largest absolute Gasteiger partial charge is 0.436 e. The molecule has 142 valence electrons. The van der Waals surface area contributed by atoms with E-state index >= 15 is 0 Å². The lowest BCUT2D eigenvalue weighted by molar-refractivity contribution is 0.0735. The van der Waals surface area contributed by atoms with Gasteiger partial charge in [0.2, 0.25) is 12.8 Å². The van der Waals surface area contributed by atoms with Crippen molar-refractivity contribution in [2.75, 3.05) is 33.1 Å². The fraction of sp³-hybridized carbons (Fsp3) is 0.300. The first-order valence-electron chi connectivity index (χ1n) is 8.72. The van der Waals surface area contributed by atoms with Gasteiger partial charge in [0.05, 0.1) is 0 Å². The SMILES string of the molecule is Cc1cc(C(=O)N2CCNCC2)cc2oc(-c3ccccc3)nc12.FCF. The van der Waals surface area contributed by atoms with Crippen molar-refractivity contribution in [3.8, 4) is 11.5 Å². The van der Waals surface area contributed by atoms with Crippen LogP contribution in [0, 0.1) is 6.92 Å². The minimum absolute atomic E-state index is 0.0548. The van der Waals surface area contributed by atoms with Crippen LogP contribution in [0.25, 0.3) is 22.6 Å². The molecule has 1 N–H and O–H groups in total. The van der Waals surface area contributed by atoms with Crippen molar-refractivity contribution in [2.45, 2.75) is 6.92 Å². The standard InChI is InChI=1S/C19H19N3O2.CH2F2/c1-13-11-15(19(23)22-9-7-20-8-10-22)12-16-17(13)21-18(24-16)14-5-3-2-4-6-14;2-1-3/h2-6,11-12,20H,7-10H2,1H3;1H2. The topological polar surface area (TPSA) is 58.4 Å². The van der Waals surface area contributed by atoms with Crippen LogP contribution in [0.1, 0.15) is 15.9 Å². The number of amides is 1. The molecule has 2 aromatic carbocycles. The second kappa shape index (κ2) is 8.73. The number of rotatable bonds is 2. The van der Waals surface area contributed by atoms with Crippen molar-refractivity contribution in [3.05, 3.63) is 53.6 Å². The Balaban J connectivity index is 0.000000659. The maximum atomic E-state index is 12.7. The molecule has 1 aromatic heterocycles. The van der Waals surface area contributed by atoms with Crippen LogP contribution in [0.5, 0.6) is 0 Å². The molecule has 1 amide bonds. The Hall–Kier alpha value is -2.80. The number of carbonyl (C=O) groups is 1. The first-order chi connectivity index (χ1) is 13.1. The highest BCUT2D eigenvalue weighted by molar-refractivity contribution is 5.98. The van der Waals surface area contributed by atoms with Crippen LogP contribution in [-0.4, -0.2) is 48.9 Å². The molecule has 0 saturated carbocycles. The molecule has 0 unspecified atom stereocenters. The fourth-order valence-corrected chi connectivity index (χ4v) is 3.07. The van der Waals surface area contributed by atoms with Crippen LogP contribution in [0.2, 0.25) is 0 Å². The van der Waals surface area contributed by atoms with E-state index in [9.17, 15) is 13.6 Å². The summed E-state index contributed by atoms with van der Waals surface area (Å²) in [6.45, 7) is 3.37. The van der Waals surface area contributed by atoms with E-state index in [1.807, 2.05) is 54.3 Å². The highest BCUT2D eigenvalue weighted by Crippen LogP contribution is 2.27. The van der Waals surface area contributed by atoms with Gasteiger partial charge in [-0.3, -0.25) is 4.79 Å². The number of halogens is 2. The first-order valence-corrected chi connectivity index (χ1v) is 8.72. The molecule has 1 fully saturated rings. The summed E-state index contributed by atoms with van der Waals surface area (Å²) in [4.78, 5) is 19.2. The summed E-state index contributed by atoms with van der Waals surface area (Å²) in [6.07, 6.45) is 0. The number of hydrogen-bond acceptors (Lipinski definition) is 4.